The summed E-state index contributed by atoms with van der Waals surface area (Å²) in [6, 6.07) is 7.37. The summed E-state index contributed by atoms with van der Waals surface area (Å²) in [4.78, 5) is 13.3. The van der Waals surface area contributed by atoms with Gasteiger partial charge in [0.25, 0.3) is 0 Å². The molecule has 1 fully saturated rings. The number of rotatable bonds is 5. The number of likely N-dealkylation sites (tertiary alicyclic amines) is 1. The lowest BCUT2D eigenvalue weighted by Gasteiger charge is -2.38. The molecule has 0 radical (unpaired) electrons. The van der Waals surface area contributed by atoms with E-state index in [0.29, 0.717) is 24.7 Å². The second-order valence-corrected chi connectivity index (χ2v) is 5.44. The Labute approximate surface area is 123 Å². The van der Waals surface area contributed by atoms with Gasteiger partial charge in [-0.3, -0.25) is 0 Å². The SMILES string of the molecule is CC(O)CNC(=O)N1CC(OCc2cccc(Cl)c2)C1. The maximum atomic E-state index is 11.6. The van der Waals surface area contributed by atoms with Crippen molar-refractivity contribution in [3.05, 3.63) is 34.9 Å². The molecular formula is C14H19ClN2O3. The summed E-state index contributed by atoms with van der Waals surface area (Å²) in [5.74, 6) is 0. The van der Waals surface area contributed by atoms with Gasteiger partial charge in [0.05, 0.1) is 31.9 Å². The highest BCUT2D eigenvalue weighted by Gasteiger charge is 2.31. The number of hydrogen-bond donors (Lipinski definition) is 2. The molecule has 0 spiro atoms. The van der Waals surface area contributed by atoms with Gasteiger partial charge in [-0.2, -0.15) is 0 Å². The van der Waals surface area contributed by atoms with Gasteiger partial charge in [0, 0.05) is 11.6 Å². The molecule has 1 heterocycles. The number of ether oxygens (including phenoxy) is 1. The smallest absolute Gasteiger partial charge is 0.317 e. The molecule has 0 saturated carbocycles. The van der Waals surface area contributed by atoms with Crippen LogP contribution in [0.1, 0.15) is 12.5 Å². The summed E-state index contributed by atoms with van der Waals surface area (Å²) < 4.78 is 5.70. The van der Waals surface area contributed by atoms with E-state index in [0.717, 1.165) is 5.56 Å². The molecule has 1 saturated heterocycles. The van der Waals surface area contributed by atoms with Crippen LogP contribution in [0.25, 0.3) is 0 Å². The van der Waals surface area contributed by atoms with Gasteiger partial charge in [0.15, 0.2) is 0 Å². The fourth-order valence-electron chi connectivity index (χ4n) is 1.90. The third kappa shape index (κ3) is 4.37. The molecule has 2 N–H and O–H groups in total. The predicted octanol–water partition coefficient (Wildman–Crippen LogP) is 1.63. The molecule has 1 unspecified atom stereocenters. The standard InChI is InChI=1S/C14H19ClN2O3/c1-10(18)6-16-14(19)17-7-13(8-17)20-9-11-3-2-4-12(15)5-11/h2-5,10,13,18H,6-9H2,1H3,(H,16,19). The molecule has 20 heavy (non-hydrogen) atoms. The quantitative estimate of drug-likeness (QED) is 0.868. The van der Waals surface area contributed by atoms with Crippen LogP contribution in [0.4, 0.5) is 4.79 Å². The van der Waals surface area contributed by atoms with E-state index in [1.807, 2.05) is 24.3 Å². The Balaban J connectivity index is 1.65. The normalized spacial score (nSPS) is 16.6. The number of hydrogen-bond acceptors (Lipinski definition) is 3. The fraction of sp³-hybridized carbons (Fsp3) is 0.500. The van der Waals surface area contributed by atoms with Crippen molar-refractivity contribution in [3.8, 4) is 0 Å². The van der Waals surface area contributed by atoms with Gasteiger partial charge < -0.3 is 20.1 Å². The predicted molar refractivity (Wildman–Crippen MR) is 76.7 cm³/mol. The van der Waals surface area contributed by atoms with Crippen LogP contribution >= 0.6 is 11.6 Å². The van der Waals surface area contributed by atoms with Crippen LogP contribution in [0, 0.1) is 0 Å². The van der Waals surface area contributed by atoms with Crippen LogP contribution in [0.5, 0.6) is 0 Å². The number of urea groups is 1. The number of carbonyl (C=O) groups excluding carboxylic acids is 1. The molecular weight excluding hydrogens is 280 g/mol. The van der Waals surface area contributed by atoms with Gasteiger partial charge in [0.1, 0.15) is 0 Å². The maximum Gasteiger partial charge on any atom is 0.317 e. The van der Waals surface area contributed by atoms with E-state index in [1.165, 1.54) is 0 Å². The molecule has 1 atom stereocenters. The number of amides is 2. The molecule has 0 aromatic heterocycles. The van der Waals surface area contributed by atoms with Gasteiger partial charge in [-0.25, -0.2) is 4.79 Å². The summed E-state index contributed by atoms with van der Waals surface area (Å²) in [6.07, 6.45) is -0.471. The van der Waals surface area contributed by atoms with Crippen LogP contribution in [-0.2, 0) is 11.3 Å². The van der Waals surface area contributed by atoms with E-state index >= 15 is 0 Å². The second-order valence-electron chi connectivity index (χ2n) is 5.00. The van der Waals surface area contributed by atoms with Crippen LogP contribution in [-0.4, -0.2) is 47.9 Å². The summed E-state index contributed by atoms with van der Waals surface area (Å²) >= 11 is 5.90. The average molecular weight is 299 g/mol. The molecule has 2 amide bonds. The topological polar surface area (TPSA) is 61.8 Å². The third-order valence-electron chi connectivity index (χ3n) is 3.06. The van der Waals surface area contributed by atoms with E-state index < -0.39 is 6.10 Å². The minimum absolute atomic E-state index is 0.0614. The van der Waals surface area contributed by atoms with E-state index in [1.54, 1.807) is 11.8 Å². The Morgan fingerprint density at radius 1 is 1.60 bits per heavy atom. The van der Waals surface area contributed by atoms with Crippen LogP contribution in [0.2, 0.25) is 5.02 Å². The van der Waals surface area contributed by atoms with Crippen molar-refractivity contribution in [2.24, 2.45) is 0 Å². The number of nitrogens with one attached hydrogen (secondary N) is 1. The molecule has 2 rings (SSSR count). The van der Waals surface area contributed by atoms with E-state index in [9.17, 15) is 4.79 Å². The largest absolute Gasteiger partial charge is 0.392 e. The van der Waals surface area contributed by atoms with E-state index in [4.69, 9.17) is 21.4 Å². The fourth-order valence-corrected chi connectivity index (χ4v) is 2.11. The molecule has 5 nitrogen and oxygen atoms in total. The number of halogens is 1. The Morgan fingerprint density at radius 2 is 2.35 bits per heavy atom. The van der Waals surface area contributed by atoms with Gasteiger partial charge in [-0.05, 0) is 24.6 Å². The van der Waals surface area contributed by atoms with Crippen LogP contribution < -0.4 is 5.32 Å². The van der Waals surface area contributed by atoms with Crippen molar-refractivity contribution in [1.82, 2.24) is 10.2 Å². The zero-order chi connectivity index (χ0) is 14.5. The molecule has 1 aliphatic rings. The first kappa shape index (κ1) is 15.1. The first-order valence-corrected chi connectivity index (χ1v) is 6.99. The van der Waals surface area contributed by atoms with E-state index in [2.05, 4.69) is 5.32 Å². The minimum Gasteiger partial charge on any atom is -0.392 e. The van der Waals surface area contributed by atoms with Crippen LogP contribution in [0.3, 0.4) is 0 Å². The summed E-state index contributed by atoms with van der Waals surface area (Å²) in [5.41, 5.74) is 1.02. The monoisotopic (exact) mass is 298 g/mol. The van der Waals surface area contributed by atoms with Crippen LogP contribution in [0.15, 0.2) is 24.3 Å². The Kier molecular flexibility index (Phi) is 5.23. The second kappa shape index (κ2) is 6.92. The highest BCUT2D eigenvalue weighted by Crippen LogP contribution is 2.16. The summed E-state index contributed by atoms with van der Waals surface area (Å²) in [5, 5.41) is 12.4. The van der Waals surface area contributed by atoms with Crippen molar-refractivity contribution in [2.75, 3.05) is 19.6 Å². The number of nitrogens with zero attached hydrogens (tertiary/aromatic N) is 1. The maximum absolute atomic E-state index is 11.6. The Bertz CT molecular complexity index is 461. The molecule has 110 valence electrons. The molecule has 1 aromatic rings. The van der Waals surface area contributed by atoms with Crippen molar-refractivity contribution >= 4 is 17.6 Å². The first-order valence-electron chi connectivity index (χ1n) is 6.61. The van der Waals surface area contributed by atoms with Gasteiger partial charge >= 0.3 is 6.03 Å². The molecule has 0 aliphatic carbocycles. The highest BCUT2D eigenvalue weighted by molar-refractivity contribution is 6.30. The number of carbonyl (C=O) groups is 1. The lowest BCUT2D eigenvalue weighted by atomic mass is 10.2. The number of benzene rings is 1. The number of aliphatic hydroxyl groups excluding tert-OH is 1. The van der Waals surface area contributed by atoms with Crippen molar-refractivity contribution in [1.29, 1.82) is 0 Å². The van der Waals surface area contributed by atoms with Crippen molar-refractivity contribution in [3.63, 3.8) is 0 Å². The van der Waals surface area contributed by atoms with Gasteiger partial charge in [-0.15, -0.1) is 0 Å². The lowest BCUT2D eigenvalue weighted by molar-refractivity contribution is -0.0444. The van der Waals surface area contributed by atoms with Gasteiger partial charge in [0.2, 0.25) is 0 Å². The van der Waals surface area contributed by atoms with Gasteiger partial charge in [-0.1, -0.05) is 23.7 Å². The van der Waals surface area contributed by atoms with Crippen molar-refractivity contribution < 1.29 is 14.6 Å². The number of aliphatic hydroxyl groups is 1. The zero-order valence-electron chi connectivity index (χ0n) is 11.4. The Hall–Kier alpha value is -1.30. The zero-order valence-corrected chi connectivity index (χ0v) is 12.1. The highest BCUT2D eigenvalue weighted by atomic mass is 35.5. The van der Waals surface area contributed by atoms with E-state index in [-0.39, 0.29) is 18.7 Å². The first-order chi connectivity index (χ1) is 9.54. The summed E-state index contributed by atoms with van der Waals surface area (Å²) in [7, 11) is 0. The molecule has 0 bridgehead atoms. The molecule has 1 aromatic carbocycles. The molecule has 1 aliphatic heterocycles. The lowest BCUT2D eigenvalue weighted by Crippen LogP contribution is -2.58. The van der Waals surface area contributed by atoms with Crippen molar-refractivity contribution in [2.45, 2.75) is 25.7 Å². The summed E-state index contributed by atoms with van der Waals surface area (Å²) in [6.45, 7) is 3.55. The Morgan fingerprint density at radius 3 is 3.00 bits per heavy atom. The average Bonchev–Trinajstić information content (AvgIpc) is 2.34. The minimum atomic E-state index is -0.532. The molecule has 6 heteroatoms. The third-order valence-corrected chi connectivity index (χ3v) is 3.29.